The minimum absolute atomic E-state index is 0.0433. The molecule has 4 aliphatic rings. The Morgan fingerprint density at radius 3 is 2.69 bits per heavy atom. The van der Waals surface area contributed by atoms with Crippen LogP contribution in [0, 0.1) is 29.6 Å². The van der Waals surface area contributed by atoms with Crippen LogP contribution in [0.4, 0.5) is 0 Å². The van der Waals surface area contributed by atoms with Crippen molar-refractivity contribution in [1.82, 2.24) is 5.32 Å². The molecule has 7 heteroatoms. The number of likely N-dealkylation sites (N-methyl/N-ethyl adjacent to an activating group) is 1. The van der Waals surface area contributed by atoms with Gasteiger partial charge in [0, 0.05) is 42.7 Å². The van der Waals surface area contributed by atoms with Gasteiger partial charge in [-0.2, -0.15) is 0 Å². The number of hydrogen-bond acceptors (Lipinski definition) is 7. The molecule has 4 bridgehead atoms. The average Bonchev–Trinajstić information content (AvgIpc) is 2.94. The molecule has 2 aliphatic carbocycles. The van der Waals surface area contributed by atoms with Crippen molar-refractivity contribution < 1.29 is 29.2 Å². The van der Waals surface area contributed by atoms with Gasteiger partial charge in [-0.05, 0) is 32.4 Å². The van der Waals surface area contributed by atoms with Crippen LogP contribution in [0.3, 0.4) is 0 Å². The van der Waals surface area contributed by atoms with E-state index in [2.05, 4.69) is 44.3 Å². The zero-order chi connectivity index (χ0) is 23.4. The fraction of sp³-hybridized carbons (Fsp3) is 0.800. The van der Waals surface area contributed by atoms with Crippen LogP contribution < -0.4 is 5.32 Å². The molecule has 2 aliphatic heterocycles. The molecule has 0 aromatic rings. The molecule has 0 radical (unpaired) electrons. The zero-order valence-electron chi connectivity index (χ0n) is 20.0. The van der Waals surface area contributed by atoms with Crippen LogP contribution in [0.1, 0.15) is 41.0 Å². The third-order valence-electron chi connectivity index (χ3n) is 8.39. The summed E-state index contributed by atoms with van der Waals surface area (Å²) in [6.45, 7) is 10.6. The maximum atomic E-state index is 13.0. The van der Waals surface area contributed by atoms with E-state index in [1.54, 1.807) is 6.92 Å². The monoisotopic (exact) mass is 449 g/mol. The molecule has 1 spiro atoms. The van der Waals surface area contributed by atoms with E-state index in [-0.39, 0.29) is 41.7 Å². The van der Waals surface area contributed by atoms with Crippen LogP contribution in [-0.4, -0.2) is 72.0 Å². The molecule has 2 fully saturated rings. The van der Waals surface area contributed by atoms with Crippen molar-refractivity contribution in [3.8, 4) is 0 Å². The summed E-state index contributed by atoms with van der Waals surface area (Å²) in [5.41, 5.74) is 0.298. The van der Waals surface area contributed by atoms with Crippen molar-refractivity contribution in [3.63, 3.8) is 0 Å². The number of aliphatic hydroxyl groups is 2. The summed E-state index contributed by atoms with van der Waals surface area (Å²) < 4.78 is 18.3. The van der Waals surface area contributed by atoms with E-state index < -0.39 is 36.0 Å². The lowest BCUT2D eigenvalue weighted by Crippen LogP contribution is -2.59. The van der Waals surface area contributed by atoms with E-state index in [0.717, 1.165) is 12.1 Å². The second-order valence-electron chi connectivity index (χ2n) is 10.2. The van der Waals surface area contributed by atoms with Gasteiger partial charge in [0.25, 0.3) is 0 Å². The van der Waals surface area contributed by atoms with E-state index in [1.165, 1.54) is 7.11 Å². The average molecular weight is 450 g/mol. The topological polar surface area (TPSA) is 97.2 Å². The lowest BCUT2D eigenvalue weighted by molar-refractivity contribution is -0.172. The number of carbonyl (C=O) groups is 1. The van der Waals surface area contributed by atoms with E-state index in [9.17, 15) is 15.0 Å². The third-order valence-corrected chi connectivity index (χ3v) is 8.39. The smallest absolute Gasteiger partial charge is 0.335 e. The second-order valence-corrected chi connectivity index (χ2v) is 10.2. The van der Waals surface area contributed by atoms with Gasteiger partial charge in [0.2, 0.25) is 0 Å². The first-order valence-electron chi connectivity index (χ1n) is 12.0. The maximum absolute atomic E-state index is 13.0. The minimum Gasteiger partial charge on any atom is -0.457 e. The number of rotatable bonds is 4. The Balaban J connectivity index is 1.85. The Morgan fingerprint density at radius 2 is 2.06 bits per heavy atom. The summed E-state index contributed by atoms with van der Waals surface area (Å²) in [7, 11) is 1.51. The molecule has 0 aromatic heterocycles. The van der Waals surface area contributed by atoms with Gasteiger partial charge in [-0.1, -0.05) is 39.0 Å². The molecule has 7 nitrogen and oxygen atoms in total. The summed E-state index contributed by atoms with van der Waals surface area (Å²) >= 11 is 0. The molecule has 1 saturated carbocycles. The fourth-order valence-electron chi connectivity index (χ4n) is 6.91. The quantitative estimate of drug-likeness (QED) is 0.445. The normalized spacial score (nSPS) is 50.8. The number of esters is 1. The van der Waals surface area contributed by atoms with Gasteiger partial charge in [-0.25, -0.2) is 4.79 Å². The van der Waals surface area contributed by atoms with Crippen LogP contribution in [-0.2, 0) is 19.0 Å². The first kappa shape index (κ1) is 23.9. The van der Waals surface area contributed by atoms with Gasteiger partial charge in [-0.15, -0.1) is 0 Å². The highest BCUT2D eigenvalue weighted by Gasteiger charge is 2.68. The highest BCUT2D eigenvalue weighted by atomic mass is 16.6. The molecule has 12 atom stereocenters. The minimum atomic E-state index is -0.824. The molecular weight excluding hydrogens is 410 g/mol. The second kappa shape index (κ2) is 8.84. The number of carbonyl (C=O) groups excluding carboxylic acids is 1. The summed E-state index contributed by atoms with van der Waals surface area (Å²) in [5, 5.41) is 25.4. The van der Waals surface area contributed by atoms with Gasteiger partial charge >= 0.3 is 5.97 Å². The van der Waals surface area contributed by atoms with Crippen LogP contribution in [0.2, 0.25) is 0 Å². The lowest BCUT2D eigenvalue weighted by Gasteiger charge is -2.49. The van der Waals surface area contributed by atoms with Gasteiger partial charge < -0.3 is 29.7 Å². The van der Waals surface area contributed by atoms with Crippen molar-refractivity contribution >= 4 is 5.97 Å². The van der Waals surface area contributed by atoms with Crippen molar-refractivity contribution in [3.05, 3.63) is 23.8 Å². The molecule has 0 unspecified atom stereocenters. The summed E-state index contributed by atoms with van der Waals surface area (Å²) in [5.74, 6) is -0.791. The number of hydrogen-bond donors (Lipinski definition) is 3. The summed E-state index contributed by atoms with van der Waals surface area (Å²) in [4.78, 5) is 13.0. The van der Waals surface area contributed by atoms with E-state index in [1.807, 2.05) is 6.92 Å². The van der Waals surface area contributed by atoms with Gasteiger partial charge in [0.1, 0.15) is 11.7 Å². The Morgan fingerprint density at radius 1 is 1.34 bits per heavy atom. The van der Waals surface area contributed by atoms with Crippen LogP contribution in [0.5, 0.6) is 0 Å². The molecule has 0 amide bonds. The van der Waals surface area contributed by atoms with Gasteiger partial charge in [0.05, 0.1) is 18.3 Å². The van der Waals surface area contributed by atoms with Gasteiger partial charge in [-0.3, -0.25) is 0 Å². The summed E-state index contributed by atoms with van der Waals surface area (Å²) in [6.07, 6.45) is 3.92. The highest BCUT2D eigenvalue weighted by Crippen LogP contribution is 2.60. The number of aliphatic hydroxyl groups excluding tert-OH is 2. The van der Waals surface area contributed by atoms with Crippen LogP contribution in [0.15, 0.2) is 23.8 Å². The molecule has 1 saturated heterocycles. The Bertz CT molecular complexity index is 780. The molecular formula is C25H39NO6. The SMILES string of the molecule is CCN[C@@H]1[C@@H](C)[C@H](O)[C@H]2[C@@H]3C=C[C@H]4C[C@H](OC)C(=O)O[C@H]([C@@H](C)O)[C@@H](C)/C=C(\C)[C@]24O[C@@H]31. The molecule has 180 valence electrons. The number of ether oxygens (including phenoxy) is 3. The van der Waals surface area contributed by atoms with Crippen LogP contribution >= 0.6 is 0 Å². The van der Waals surface area contributed by atoms with E-state index in [0.29, 0.717) is 6.42 Å². The maximum Gasteiger partial charge on any atom is 0.335 e. The number of nitrogens with one attached hydrogen (secondary N) is 1. The molecule has 0 aromatic carbocycles. The third kappa shape index (κ3) is 3.48. The van der Waals surface area contributed by atoms with E-state index in [4.69, 9.17) is 14.2 Å². The molecule has 32 heavy (non-hydrogen) atoms. The predicted octanol–water partition coefficient (Wildman–Crippen LogP) is 1.82. The number of cyclic esters (lactones) is 1. The Labute approximate surface area is 191 Å². The standard InChI is InChI=1S/C25H39NO6/c1-7-26-20-14(4)21(28)19-17-9-8-16-11-18(30-6)24(29)31-22(15(5)27)12(2)10-13(3)25(16,19)32-23(17)20/h8-10,12,14-23,26-28H,7,11H2,1-6H3/b13-10+/t12-,14+,15+,16-,17-,18-,19+,20+,21-,22-,23-,25+/m0/s1. The molecule has 4 rings (SSSR count). The van der Waals surface area contributed by atoms with Crippen molar-refractivity contribution in [1.29, 1.82) is 0 Å². The zero-order valence-corrected chi connectivity index (χ0v) is 20.0. The first-order chi connectivity index (χ1) is 15.2. The lowest BCUT2D eigenvalue weighted by atomic mass is 9.57. The summed E-state index contributed by atoms with van der Waals surface area (Å²) in [6, 6.07) is 0.0491. The van der Waals surface area contributed by atoms with E-state index >= 15 is 0 Å². The first-order valence-corrected chi connectivity index (χ1v) is 12.0. The Kier molecular flexibility index (Phi) is 6.60. The fourth-order valence-corrected chi connectivity index (χ4v) is 6.91. The molecule has 3 N–H and O–H groups in total. The predicted molar refractivity (Wildman–Crippen MR) is 120 cm³/mol. The highest BCUT2D eigenvalue weighted by molar-refractivity contribution is 5.75. The van der Waals surface area contributed by atoms with Crippen molar-refractivity contribution in [2.45, 2.75) is 83.2 Å². The molecule has 2 heterocycles. The Hall–Kier alpha value is -1.25. The van der Waals surface area contributed by atoms with Crippen molar-refractivity contribution in [2.75, 3.05) is 13.7 Å². The number of methoxy groups -OCH3 is 1. The largest absolute Gasteiger partial charge is 0.457 e. The van der Waals surface area contributed by atoms with Crippen molar-refractivity contribution in [2.24, 2.45) is 29.6 Å². The van der Waals surface area contributed by atoms with Gasteiger partial charge in [0.15, 0.2) is 6.10 Å². The van der Waals surface area contributed by atoms with Crippen LogP contribution in [0.25, 0.3) is 0 Å².